The van der Waals surface area contributed by atoms with Crippen LogP contribution in [0.15, 0.2) is 53.6 Å². The van der Waals surface area contributed by atoms with Gasteiger partial charge in [-0.15, -0.1) is 0 Å². The fourth-order valence-corrected chi connectivity index (χ4v) is 3.07. The molecule has 3 rings (SSSR count). The highest BCUT2D eigenvalue weighted by Crippen LogP contribution is 2.16. The summed E-state index contributed by atoms with van der Waals surface area (Å²) in [6.07, 6.45) is 1.69. The van der Waals surface area contributed by atoms with E-state index in [0.717, 1.165) is 11.3 Å². The molecule has 130 valence electrons. The second kappa shape index (κ2) is 6.30. The maximum Gasteiger partial charge on any atom is 0.271 e. The van der Waals surface area contributed by atoms with Crippen LogP contribution in [0.5, 0.6) is 0 Å². The number of sulfonamides is 1. The molecule has 3 N–H and O–H groups in total. The lowest BCUT2D eigenvalue weighted by molar-refractivity contribution is 0.0935. The van der Waals surface area contributed by atoms with Gasteiger partial charge in [-0.3, -0.25) is 4.79 Å². The topological polar surface area (TPSA) is 107 Å². The van der Waals surface area contributed by atoms with E-state index in [4.69, 9.17) is 5.14 Å². The van der Waals surface area contributed by atoms with Gasteiger partial charge in [-0.1, -0.05) is 18.2 Å². The zero-order valence-electron chi connectivity index (χ0n) is 13.8. The third-order valence-corrected chi connectivity index (χ3v) is 4.91. The van der Waals surface area contributed by atoms with Crippen molar-refractivity contribution in [2.75, 3.05) is 0 Å². The Kier molecular flexibility index (Phi) is 4.32. The highest BCUT2D eigenvalue weighted by atomic mass is 32.2. The highest BCUT2D eigenvalue weighted by Gasteiger charge is 2.16. The van der Waals surface area contributed by atoms with E-state index < -0.39 is 10.0 Å². The first-order valence-electron chi connectivity index (χ1n) is 7.64. The smallest absolute Gasteiger partial charge is 0.271 e. The molecule has 1 unspecified atom stereocenters. The van der Waals surface area contributed by atoms with Gasteiger partial charge in [-0.2, -0.15) is 0 Å². The van der Waals surface area contributed by atoms with Gasteiger partial charge in [0.05, 0.1) is 10.9 Å². The van der Waals surface area contributed by atoms with Gasteiger partial charge in [0.25, 0.3) is 5.91 Å². The number of aromatic nitrogens is 2. The first-order valence-corrected chi connectivity index (χ1v) is 9.18. The number of primary sulfonamides is 1. The predicted molar refractivity (Wildman–Crippen MR) is 93.6 cm³/mol. The molecule has 0 fully saturated rings. The second-order valence-corrected chi connectivity index (χ2v) is 7.39. The maximum absolute atomic E-state index is 12.4. The molecular weight excluding hydrogens is 340 g/mol. The van der Waals surface area contributed by atoms with E-state index in [-0.39, 0.29) is 16.8 Å². The number of amides is 1. The third-order valence-electron chi connectivity index (χ3n) is 3.98. The number of imidazole rings is 1. The number of nitrogens with one attached hydrogen (secondary N) is 1. The Morgan fingerprint density at radius 2 is 1.88 bits per heavy atom. The molecule has 0 aliphatic rings. The molecule has 0 aliphatic heterocycles. The molecule has 3 aromatic rings. The summed E-state index contributed by atoms with van der Waals surface area (Å²) in [5, 5.41) is 7.94. The van der Waals surface area contributed by atoms with Gasteiger partial charge < -0.3 is 9.72 Å². The Hall–Kier alpha value is -2.71. The van der Waals surface area contributed by atoms with Gasteiger partial charge in [-0.05, 0) is 43.7 Å². The lowest BCUT2D eigenvalue weighted by Crippen LogP contribution is -2.27. The minimum absolute atomic E-state index is 0.0330. The molecule has 2 aromatic heterocycles. The molecule has 1 aromatic carbocycles. The number of carbonyl (C=O) groups excluding carboxylic acids is 1. The number of carbonyl (C=O) groups is 1. The SMILES string of the molecule is Cc1cccc2nc(C(=O)NC(C)c3ccc(S(N)(=O)=O)cc3)cn12. The van der Waals surface area contributed by atoms with Gasteiger partial charge in [0.15, 0.2) is 0 Å². The summed E-state index contributed by atoms with van der Waals surface area (Å²) in [4.78, 5) is 16.8. The number of benzene rings is 1. The Bertz CT molecular complexity index is 1040. The van der Waals surface area contributed by atoms with Crippen LogP contribution >= 0.6 is 0 Å². The van der Waals surface area contributed by atoms with Crippen molar-refractivity contribution in [3.63, 3.8) is 0 Å². The summed E-state index contributed by atoms with van der Waals surface area (Å²) < 4.78 is 24.4. The summed E-state index contributed by atoms with van der Waals surface area (Å²) >= 11 is 0. The van der Waals surface area contributed by atoms with Gasteiger partial charge in [0.2, 0.25) is 10.0 Å². The van der Waals surface area contributed by atoms with Gasteiger partial charge in [0, 0.05) is 11.9 Å². The van der Waals surface area contributed by atoms with Crippen LogP contribution in [0.2, 0.25) is 0 Å². The molecule has 0 radical (unpaired) electrons. The number of nitrogens with two attached hydrogens (primary N) is 1. The molecule has 1 atom stereocenters. The number of pyridine rings is 1. The summed E-state index contributed by atoms with van der Waals surface area (Å²) in [5.41, 5.74) is 2.77. The van der Waals surface area contributed by atoms with Crippen molar-refractivity contribution in [3.8, 4) is 0 Å². The van der Waals surface area contributed by atoms with Gasteiger partial charge >= 0.3 is 0 Å². The van der Waals surface area contributed by atoms with Crippen LogP contribution in [-0.4, -0.2) is 23.7 Å². The Morgan fingerprint density at radius 1 is 1.20 bits per heavy atom. The molecule has 0 spiro atoms. The van der Waals surface area contributed by atoms with Crippen LogP contribution in [0.3, 0.4) is 0 Å². The van der Waals surface area contributed by atoms with Crippen LogP contribution < -0.4 is 10.5 Å². The van der Waals surface area contributed by atoms with E-state index in [9.17, 15) is 13.2 Å². The van der Waals surface area contributed by atoms with Crippen LogP contribution in [0.25, 0.3) is 5.65 Å². The average Bonchev–Trinajstić information content (AvgIpc) is 3.00. The largest absolute Gasteiger partial charge is 0.344 e. The molecule has 1 amide bonds. The van der Waals surface area contributed by atoms with Crippen molar-refractivity contribution < 1.29 is 13.2 Å². The maximum atomic E-state index is 12.4. The van der Waals surface area contributed by atoms with Crippen molar-refractivity contribution in [3.05, 3.63) is 65.6 Å². The van der Waals surface area contributed by atoms with E-state index in [1.54, 1.807) is 18.3 Å². The summed E-state index contributed by atoms with van der Waals surface area (Å²) in [7, 11) is -3.73. The Balaban J connectivity index is 1.78. The number of nitrogens with zero attached hydrogens (tertiary/aromatic N) is 2. The molecule has 0 bridgehead atoms. The molecule has 2 heterocycles. The number of hydrogen-bond acceptors (Lipinski definition) is 4. The minimum atomic E-state index is -3.73. The lowest BCUT2D eigenvalue weighted by Gasteiger charge is -2.13. The van der Waals surface area contributed by atoms with Crippen molar-refractivity contribution in [1.82, 2.24) is 14.7 Å². The molecule has 0 saturated carbocycles. The molecule has 0 saturated heterocycles. The van der Waals surface area contributed by atoms with Gasteiger partial charge in [-0.25, -0.2) is 18.5 Å². The molecule has 25 heavy (non-hydrogen) atoms. The van der Waals surface area contributed by atoms with Crippen molar-refractivity contribution in [1.29, 1.82) is 0 Å². The standard InChI is InChI=1S/C17H18N4O3S/c1-11-4-3-5-16-20-15(10-21(11)16)17(22)19-12(2)13-6-8-14(9-7-13)25(18,23)24/h3-10,12H,1-2H3,(H,19,22)(H2,18,23,24). The molecule has 8 heteroatoms. The number of aryl methyl sites for hydroxylation is 1. The fraction of sp³-hybridized carbons (Fsp3) is 0.176. The number of rotatable bonds is 4. The zero-order valence-corrected chi connectivity index (χ0v) is 14.6. The van der Waals surface area contributed by atoms with E-state index in [1.165, 1.54) is 12.1 Å². The zero-order chi connectivity index (χ0) is 18.2. The van der Waals surface area contributed by atoms with E-state index >= 15 is 0 Å². The first kappa shape index (κ1) is 17.1. The minimum Gasteiger partial charge on any atom is -0.344 e. The summed E-state index contributed by atoms with van der Waals surface area (Å²) in [6, 6.07) is 11.4. The van der Waals surface area contributed by atoms with Crippen LogP contribution in [0.1, 0.15) is 34.7 Å². The molecule has 0 aliphatic carbocycles. The summed E-state index contributed by atoms with van der Waals surface area (Å²) in [5.74, 6) is -0.300. The molecule has 7 nitrogen and oxygen atoms in total. The number of hydrogen-bond donors (Lipinski definition) is 2. The quantitative estimate of drug-likeness (QED) is 0.741. The number of fused-ring (bicyclic) bond motifs is 1. The third kappa shape index (κ3) is 3.54. The predicted octanol–water partition coefficient (Wildman–Crippen LogP) is 1.78. The van der Waals surface area contributed by atoms with Crippen molar-refractivity contribution >= 4 is 21.6 Å². The van der Waals surface area contributed by atoms with Crippen LogP contribution in [0.4, 0.5) is 0 Å². The van der Waals surface area contributed by atoms with Crippen molar-refractivity contribution in [2.24, 2.45) is 5.14 Å². The van der Waals surface area contributed by atoms with E-state index in [2.05, 4.69) is 10.3 Å². The van der Waals surface area contributed by atoms with E-state index in [1.807, 2.05) is 36.4 Å². The van der Waals surface area contributed by atoms with Crippen LogP contribution in [0, 0.1) is 6.92 Å². The monoisotopic (exact) mass is 358 g/mol. The lowest BCUT2D eigenvalue weighted by atomic mass is 10.1. The van der Waals surface area contributed by atoms with Crippen LogP contribution in [-0.2, 0) is 10.0 Å². The highest BCUT2D eigenvalue weighted by molar-refractivity contribution is 7.89. The second-order valence-electron chi connectivity index (χ2n) is 5.83. The summed E-state index contributed by atoms with van der Waals surface area (Å²) in [6.45, 7) is 3.75. The van der Waals surface area contributed by atoms with Gasteiger partial charge in [0.1, 0.15) is 11.3 Å². The average molecular weight is 358 g/mol. The normalized spacial score (nSPS) is 12.9. The Labute approximate surface area is 145 Å². The van der Waals surface area contributed by atoms with E-state index in [0.29, 0.717) is 11.3 Å². The fourth-order valence-electron chi connectivity index (χ4n) is 2.56. The van der Waals surface area contributed by atoms with Crippen molar-refractivity contribution in [2.45, 2.75) is 24.8 Å². The molecular formula is C17H18N4O3S. The Morgan fingerprint density at radius 3 is 2.48 bits per heavy atom. The first-order chi connectivity index (χ1) is 11.8.